The van der Waals surface area contributed by atoms with Crippen molar-refractivity contribution in [3.05, 3.63) is 101 Å². The fourth-order valence-corrected chi connectivity index (χ4v) is 2.96. The Kier molecular flexibility index (Phi) is 8.02. The number of carbonyl (C=O) groups is 2. The topological polar surface area (TPSA) is 91.2 Å². The van der Waals surface area contributed by atoms with Crippen LogP contribution in [-0.4, -0.2) is 18.4 Å². The maximum Gasteiger partial charge on any atom is 0.262 e. The van der Waals surface area contributed by atoms with Gasteiger partial charge in [-0.05, 0) is 41.5 Å². The molecule has 0 heterocycles. The first-order valence-electron chi connectivity index (χ1n) is 9.76. The molecule has 0 aliphatic heterocycles. The molecule has 0 aliphatic rings. The van der Waals surface area contributed by atoms with E-state index < -0.39 is 5.91 Å². The van der Waals surface area contributed by atoms with Crippen molar-refractivity contribution in [1.82, 2.24) is 5.32 Å². The highest BCUT2D eigenvalue weighted by Crippen LogP contribution is 2.20. The Bertz CT molecular complexity index is 1170. The summed E-state index contributed by atoms with van der Waals surface area (Å²) in [6.07, 6.45) is 1.47. The summed E-state index contributed by atoms with van der Waals surface area (Å²) >= 11 is 6.03. The predicted octanol–water partition coefficient (Wildman–Crippen LogP) is 4.58. The summed E-state index contributed by atoms with van der Waals surface area (Å²) in [6, 6.07) is 25.0. The van der Waals surface area contributed by atoms with E-state index in [0.717, 1.165) is 5.56 Å². The lowest BCUT2D eigenvalue weighted by atomic mass is 10.1. The van der Waals surface area contributed by atoms with E-state index in [9.17, 15) is 14.9 Å². The molecule has 0 radical (unpaired) electrons. The number of nitriles is 1. The summed E-state index contributed by atoms with van der Waals surface area (Å²) in [6.45, 7) is 0.101. The van der Waals surface area contributed by atoms with E-state index in [1.165, 1.54) is 6.08 Å². The molecule has 0 saturated heterocycles. The second kappa shape index (κ2) is 11.3. The van der Waals surface area contributed by atoms with Crippen LogP contribution in [0, 0.1) is 11.3 Å². The summed E-state index contributed by atoms with van der Waals surface area (Å²) in [5, 5.41) is 15.2. The monoisotopic (exact) mass is 445 g/mol. The number of amides is 2. The zero-order valence-electron chi connectivity index (χ0n) is 17.0. The number of benzene rings is 3. The molecular formula is C25H20ClN3O3. The Hall–Kier alpha value is -4.08. The maximum absolute atomic E-state index is 12.4. The molecule has 0 bridgehead atoms. The van der Waals surface area contributed by atoms with Gasteiger partial charge in [0.1, 0.15) is 17.4 Å². The van der Waals surface area contributed by atoms with Crippen LogP contribution in [0.4, 0.5) is 5.69 Å². The molecule has 160 valence electrons. The van der Waals surface area contributed by atoms with Crippen LogP contribution in [0.2, 0.25) is 5.02 Å². The third-order valence-corrected chi connectivity index (χ3v) is 4.68. The van der Waals surface area contributed by atoms with Crippen molar-refractivity contribution in [2.75, 3.05) is 11.9 Å². The fourth-order valence-electron chi connectivity index (χ4n) is 2.78. The second-order valence-electron chi connectivity index (χ2n) is 6.73. The van der Waals surface area contributed by atoms with Gasteiger partial charge in [-0.25, -0.2) is 0 Å². The average molecular weight is 446 g/mol. The second-order valence-corrected chi connectivity index (χ2v) is 7.13. The number of anilines is 1. The summed E-state index contributed by atoms with van der Waals surface area (Å²) in [5.41, 5.74) is 2.00. The average Bonchev–Trinajstić information content (AvgIpc) is 2.82. The number of nitrogens with zero attached hydrogens (tertiary/aromatic N) is 1. The fraction of sp³-hybridized carbons (Fsp3) is 0.0800. The number of ether oxygens (including phenoxy) is 1. The number of halogens is 1. The highest BCUT2D eigenvalue weighted by atomic mass is 35.5. The van der Waals surface area contributed by atoms with Crippen molar-refractivity contribution in [3.63, 3.8) is 0 Å². The first kappa shape index (κ1) is 22.6. The van der Waals surface area contributed by atoms with Crippen LogP contribution in [0.5, 0.6) is 5.75 Å². The highest BCUT2D eigenvalue weighted by molar-refractivity contribution is 6.33. The van der Waals surface area contributed by atoms with Gasteiger partial charge in [0.25, 0.3) is 11.8 Å². The van der Waals surface area contributed by atoms with Gasteiger partial charge in [0.05, 0.1) is 10.7 Å². The standard InChI is InChI=1S/C25H20ClN3O3/c26-22-11-4-5-12-23(22)29-24(30)17-32-21-10-6-9-19(14-21)13-20(15-27)25(31)28-16-18-7-2-1-3-8-18/h1-14H,16-17H2,(H,28,31)(H,29,30)/b20-13+. The van der Waals surface area contributed by atoms with Crippen molar-refractivity contribution in [3.8, 4) is 11.8 Å². The van der Waals surface area contributed by atoms with Crippen molar-refractivity contribution < 1.29 is 14.3 Å². The van der Waals surface area contributed by atoms with Gasteiger partial charge in [-0.1, -0.05) is 66.2 Å². The summed E-state index contributed by atoms with van der Waals surface area (Å²) in [4.78, 5) is 24.5. The molecular weight excluding hydrogens is 426 g/mol. The molecule has 2 amide bonds. The Morgan fingerprint density at radius 2 is 1.75 bits per heavy atom. The van der Waals surface area contributed by atoms with E-state index in [4.69, 9.17) is 16.3 Å². The summed E-state index contributed by atoms with van der Waals surface area (Å²) in [5.74, 6) is -0.408. The molecule has 7 heteroatoms. The molecule has 0 atom stereocenters. The maximum atomic E-state index is 12.4. The Balaban J connectivity index is 1.59. The molecule has 3 aromatic carbocycles. The third kappa shape index (κ3) is 6.73. The van der Waals surface area contributed by atoms with E-state index in [0.29, 0.717) is 28.6 Å². The molecule has 0 spiro atoms. The number of nitrogens with one attached hydrogen (secondary N) is 2. The number of hydrogen-bond acceptors (Lipinski definition) is 4. The molecule has 2 N–H and O–H groups in total. The van der Waals surface area contributed by atoms with Gasteiger partial charge in [-0.3, -0.25) is 9.59 Å². The van der Waals surface area contributed by atoms with Gasteiger partial charge in [0.2, 0.25) is 0 Å². The summed E-state index contributed by atoms with van der Waals surface area (Å²) in [7, 11) is 0. The first-order chi connectivity index (χ1) is 15.5. The largest absolute Gasteiger partial charge is 0.484 e. The number of para-hydroxylation sites is 1. The van der Waals surface area contributed by atoms with Gasteiger partial charge in [-0.15, -0.1) is 0 Å². The van der Waals surface area contributed by atoms with Crippen LogP contribution in [-0.2, 0) is 16.1 Å². The quantitative estimate of drug-likeness (QED) is 0.392. The summed E-state index contributed by atoms with van der Waals surface area (Å²) < 4.78 is 5.53. The molecule has 0 aromatic heterocycles. The Labute approximate surface area is 191 Å². The molecule has 0 aliphatic carbocycles. The first-order valence-corrected chi connectivity index (χ1v) is 10.1. The normalized spacial score (nSPS) is 10.7. The van der Waals surface area contributed by atoms with Crippen LogP contribution in [0.25, 0.3) is 6.08 Å². The van der Waals surface area contributed by atoms with E-state index in [-0.39, 0.29) is 18.1 Å². The van der Waals surface area contributed by atoms with E-state index in [1.807, 2.05) is 36.4 Å². The minimum absolute atomic E-state index is 0.0328. The Morgan fingerprint density at radius 3 is 2.50 bits per heavy atom. The molecule has 3 aromatic rings. The lowest BCUT2D eigenvalue weighted by Crippen LogP contribution is -2.23. The highest BCUT2D eigenvalue weighted by Gasteiger charge is 2.10. The molecule has 0 fully saturated rings. The predicted molar refractivity (Wildman–Crippen MR) is 124 cm³/mol. The van der Waals surface area contributed by atoms with Gasteiger partial charge in [-0.2, -0.15) is 5.26 Å². The van der Waals surface area contributed by atoms with Crippen LogP contribution >= 0.6 is 11.6 Å². The zero-order valence-corrected chi connectivity index (χ0v) is 17.8. The van der Waals surface area contributed by atoms with Gasteiger partial charge >= 0.3 is 0 Å². The minimum atomic E-state index is -0.471. The minimum Gasteiger partial charge on any atom is -0.484 e. The molecule has 0 saturated carbocycles. The lowest BCUT2D eigenvalue weighted by Gasteiger charge is -2.09. The van der Waals surface area contributed by atoms with E-state index in [1.54, 1.807) is 48.5 Å². The van der Waals surface area contributed by atoms with Crippen molar-refractivity contribution in [1.29, 1.82) is 5.26 Å². The van der Waals surface area contributed by atoms with Gasteiger partial charge in [0, 0.05) is 6.54 Å². The molecule has 6 nitrogen and oxygen atoms in total. The van der Waals surface area contributed by atoms with Crippen molar-refractivity contribution in [2.24, 2.45) is 0 Å². The van der Waals surface area contributed by atoms with E-state index >= 15 is 0 Å². The van der Waals surface area contributed by atoms with Crippen LogP contribution < -0.4 is 15.4 Å². The van der Waals surface area contributed by atoms with Gasteiger partial charge < -0.3 is 15.4 Å². The molecule has 0 unspecified atom stereocenters. The number of rotatable bonds is 8. The van der Waals surface area contributed by atoms with E-state index in [2.05, 4.69) is 10.6 Å². The smallest absolute Gasteiger partial charge is 0.262 e. The zero-order chi connectivity index (χ0) is 22.8. The lowest BCUT2D eigenvalue weighted by molar-refractivity contribution is -0.118. The Morgan fingerprint density at radius 1 is 1.00 bits per heavy atom. The third-order valence-electron chi connectivity index (χ3n) is 4.35. The number of carbonyl (C=O) groups excluding carboxylic acids is 2. The number of hydrogen-bond donors (Lipinski definition) is 2. The van der Waals surface area contributed by atoms with Crippen LogP contribution in [0.3, 0.4) is 0 Å². The van der Waals surface area contributed by atoms with Crippen molar-refractivity contribution >= 4 is 35.2 Å². The van der Waals surface area contributed by atoms with Crippen LogP contribution in [0.15, 0.2) is 84.4 Å². The van der Waals surface area contributed by atoms with Crippen molar-refractivity contribution in [2.45, 2.75) is 6.54 Å². The molecule has 3 rings (SSSR count). The SMILES string of the molecule is N#C/C(=C\c1cccc(OCC(=O)Nc2ccccc2Cl)c1)C(=O)NCc1ccccc1. The molecule has 32 heavy (non-hydrogen) atoms. The van der Waals surface area contributed by atoms with Crippen LogP contribution in [0.1, 0.15) is 11.1 Å². The van der Waals surface area contributed by atoms with Gasteiger partial charge in [0.15, 0.2) is 6.61 Å².